The smallest absolute Gasteiger partial charge is 0.168 e. The highest BCUT2D eigenvalue weighted by atomic mass is 16.7. The molecule has 0 amide bonds. The summed E-state index contributed by atoms with van der Waals surface area (Å²) in [5, 5.41) is 9.27. The van der Waals surface area contributed by atoms with Crippen LogP contribution in [0.1, 0.15) is 25.7 Å². The summed E-state index contributed by atoms with van der Waals surface area (Å²) >= 11 is 0. The van der Waals surface area contributed by atoms with Gasteiger partial charge in [-0.1, -0.05) is 0 Å². The van der Waals surface area contributed by atoms with Gasteiger partial charge in [0.15, 0.2) is 5.79 Å². The normalized spacial score (nSPS) is 29.6. The van der Waals surface area contributed by atoms with Crippen LogP contribution < -0.4 is 0 Å². The van der Waals surface area contributed by atoms with Crippen LogP contribution in [0.3, 0.4) is 0 Å². The molecule has 2 rings (SSSR count). The van der Waals surface area contributed by atoms with Gasteiger partial charge in [0.25, 0.3) is 0 Å². The van der Waals surface area contributed by atoms with E-state index in [1.165, 1.54) is 0 Å². The van der Waals surface area contributed by atoms with Crippen molar-refractivity contribution in [3.05, 3.63) is 0 Å². The first-order valence-corrected chi connectivity index (χ1v) is 5.18. The molecule has 1 aliphatic carbocycles. The first-order chi connectivity index (χ1) is 6.74. The van der Waals surface area contributed by atoms with Crippen LogP contribution >= 0.6 is 0 Å². The third-order valence-corrected chi connectivity index (χ3v) is 3.46. The van der Waals surface area contributed by atoms with Gasteiger partial charge in [-0.25, -0.2) is 0 Å². The Morgan fingerprint density at radius 3 is 2.14 bits per heavy atom. The molecule has 14 heavy (non-hydrogen) atoms. The Morgan fingerprint density at radius 2 is 1.71 bits per heavy atom. The highest BCUT2D eigenvalue weighted by molar-refractivity contribution is 4.92. The molecule has 2 fully saturated rings. The number of methoxy groups -OCH3 is 1. The van der Waals surface area contributed by atoms with Crippen molar-refractivity contribution in [1.82, 2.24) is 0 Å². The van der Waals surface area contributed by atoms with Crippen LogP contribution in [0.15, 0.2) is 0 Å². The third-order valence-electron chi connectivity index (χ3n) is 3.46. The van der Waals surface area contributed by atoms with E-state index in [1.807, 2.05) is 0 Å². The van der Waals surface area contributed by atoms with Crippen molar-refractivity contribution in [3.63, 3.8) is 0 Å². The fourth-order valence-electron chi connectivity index (χ4n) is 2.30. The molecule has 0 bridgehead atoms. The molecule has 1 saturated heterocycles. The maximum absolute atomic E-state index is 9.27. The Kier molecular flexibility index (Phi) is 2.79. The Labute approximate surface area is 84.1 Å². The molecule has 4 nitrogen and oxygen atoms in total. The van der Waals surface area contributed by atoms with Gasteiger partial charge in [-0.3, -0.25) is 0 Å². The number of ether oxygens (including phenoxy) is 3. The van der Waals surface area contributed by atoms with Crippen LogP contribution in [-0.2, 0) is 14.2 Å². The van der Waals surface area contributed by atoms with E-state index in [9.17, 15) is 5.11 Å². The van der Waals surface area contributed by atoms with Crippen molar-refractivity contribution in [2.24, 2.45) is 0 Å². The third kappa shape index (κ3) is 1.67. The lowest BCUT2D eigenvalue weighted by molar-refractivity contribution is -0.211. The van der Waals surface area contributed by atoms with Gasteiger partial charge in [0.2, 0.25) is 0 Å². The molecule has 0 aromatic carbocycles. The molecule has 0 aromatic rings. The van der Waals surface area contributed by atoms with Gasteiger partial charge >= 0.3 is 0 Å². The largest absolute Gasteiger partial charge is 0.393 e. The van der Waals surface area contributed by atoms with E-state index in [2.05, 4.69) is 0 Å². The Bertz CT molecular complexity index is 176. The van der Waals surface area contributed by atoms with E-state index in [0.717, 1.165) is 25.7 Å². The molecular formula is C10H18O4. The van der Waals surface area contributed by atoms with Crippen molar-refractivity contribution >= 4 is 0 Å². The molecule has 2 aliphatic rings. The molecule has 1 aliphatic heterocycles. The second-order valence-electron chi connectivity index (χ2n) is 4.15. The summed E-state index contributed by atoms with van der Waals surface area (Å²) in [7, 11) is 1.66. The summed E-state index contributed by atoms with van der Waals surface area (Å²) < 4.78 is 16.6. The quantitative estimate of drug-likeness (QED) is 0.715. The number of hydrogen-bond donors (Lipinski definition) is 1. The van der Waals surface area contributed by atoms with Gasteiger partial charge in [-0.05, 0) is 12.8 Å². The maximum atomic E-state index is 9.27. The Morgan fingerprint density at radius 1 is 1.14 bits per heavy atom. The number of aliphatic hydroxyl groups is 1. The zero-order valence-corrected chi connectivity index (χ0v) is 8.62. The predicted octanol–water partition coefficient (Wildman–Crippen LogP) is 0.681. The zero-order chi connectivity index (χ0) is 10.1. The molecule has 0 unspecified atom stereocenters. The van der Waals surface area contributed by atoms with Crippen LogP contribution in [0.2, 0.25) is 0 Å². The zero-order valence-electron chi connectivity index (χ0n) is 8.62. The Balaban J connectivity index is 1.96. The first kappa shape index (κ1) is 10.4. The first-order valence-electron chi connectivity index (χ1n) is 5.18. The number of rotatable bonds is 2. The average Bonchev–Trinajstić information content (AvgIpc) is 2.69. The van der Waals surface area contributed by atoms with E-state index >= 15 is 0 Å². The van der Waals surface area contributed by atoms with E-state index in [0.29, 0.717) is 13.2 Å². The molecule has 0 radical (unpaired) electrons. The summed E-state index contributed by atoms with van der Waals surface area (Å²) in [6.07, 6.45) is 3.25. The minimum absolute atomic E-state index is 0.0829. The van der Waals surface area contributed by atoms with Crippen LogP contribution in [0.4, 0.5) is 0 Å². The topological polar surface area (TPSA) is 47.9 Å². The van der Waals surface area contributed by atoms with Gasteiger partial charge < -0.3 is 19.3 Å². The van der Waals surface area contributed by atoms with Gasteiger partial charge in [-0.15, -0.1) is 0 Å². The highest BCUT2D eigenvalue weighted by Crippen LogP contribution is 2.41. The molecule has 1 saturated carbocycles. The monoisotopic (exact) mass is 202 g/mol. The summed E-state index contributed by atoms with van der Waals surface area (Å²) in [6, 6.07) is 0. The average molecular weight is 202 g/mol. The second-order valence-corrected chi connectivity index (χ2v) is 4.15. The summed E-state index contributed by atoms with van der Waals surface area (Å²) in [4.78, 5) is 0. The van der Waals surface area contributed by atoms with Crippen LogP contribution in [0, 0.1) is 0 Å². The molecule has 1 spiro atoms. The molecule has 4 heteroatoms. The lowest BCUT2D eigenvalue weighted by Crippen LogP contribution is -2.46. The minimum atomic E-state index is -0.364. The fraction of sp³-hybridized carbons (Fsp3) is 1.00. The second kappa shape index (κ2) is 3.77. The molecular weight excluding hydrogens is 184 g/mol. The van der Waals surface area contributed by atoms with Crippen LogP contribution in [0.5, 0.6) is 0 Å². The number of aliphatic hydroxyl groups excluding tert-OH is 1. The van der Waals surface area contributed by atoms with E-state index in [4.69, 9.17) is 14.2 Å². The highest BCUT2D eigenvalue weighted by Gasteiger charge is 2.46. The van der Waals surface area contributed by atoms with Crippen molar-refractivity contribution in [3.8, 4) is 0 Å². The summed E-state index contributed by atoms with van der Waals surface area (Å²) in [5.74, 6) is -0.364. The fourth-order valence-corrected chi connectivity index (χ4v) is 2.30. The summed E-state index contributed by atoms with van der Waals surface area (Å²) in [6.45, 7) is 1.47. The van der Waals surface area contributed by atoms with Crippen LogP contribution in [-0.4, -0.2) is 43.4 Å². The Hall–Kier alpha value is -0.160. The number of hydrogen-bond acceptors (Lipinski definition) is 4. The van der Waals surface area contributed by atoms with Crippen molar-refractivity contribution in [2.75, 3.05) is 26.9 Å². The minimum Gasteiger partial charge on any atom is -0.393 e. The molecule has 0 atom stereocenters. The lowest BCUT2D eigenvalue weighted by Gasteiger charge is -2.41. The standard InChI is InChI=1S/C10H18O4/c1-12-9(8-11)2-4-10(5-3-9)13-6-7-14-10/h11H,2-8H2,1H3. The molecule has 1 heterocycles. The molecule has 0 aromatic heterocycles. The molecule has 82 valence electrons. The predicted molar refractivity (Wildman–Crippen MR) is 49.9 cm³/mol. The van der Waals surface area contributed by atoms with E-state index < -0.39 is 0 Å². The van der Waals surface area contributed by atoms with Gasteiger partial charge in [0.1, 0.15) is 0 Å². The lowest BCUT2D eigenvalue weighted by atomic mass is 9.81. The maximum Gasteiger partial charge on any atom is 0.168 e. The van der Waals surface area contributed by atoms with Crippen LogP contribution in [0.25, 0.3) is 0 Å². The molecule has 1 N–H and O–H groups in total. The van der Waals surface area contributed by atoms with E-state index in [-0.39, 0.29) is 18.0 Å². The van der Waals surface area contributed by atoms with Crippen molar-refractivity contribution in [2.45, 2.75) is 37.1 Å². The van der Waals surface area contributed by atoms with Gasteiger partial charge in [0.05, 0.1) is 25.4 Å². The van der Waals surface area contributed by atoms with Crippen molar-refractivity contribution in [1.29, 1.82) is 0 Å². The van der Waals surface area contributed by atoms with Gasteiger partial charge in [0, 0.05) is 20.0 Å². The summed E-state index contributed by atoms with van der Waals surface area (Å²) in [5.41, 5.74) is -0.361. The van der Waals surface area contributed by atoms with Crippen molar-refractivity contribution < 1.29 is 19.3 Å². The SMILES string of the molecule is COC1(CO)CCC2(CC1)OCCO2. The van der Waals surface area contributed by atoms with Gasteiger partial charge in [-0.2, -0.15) is 0 Å². The van der Waals surface area contributed by atoms with E-state index in [1.54, 1.807) is 7.11 Å².